The number of guanidine groups is 1. The first-order valence-electron chi connectivity index (χ1n) is 11.3. The predicted octanol–water partition coefficient (Wildman–Crippen LogP) is 3.83. The van der Waals surface area contributed by atoms with Crippen LogP contribution in [-0.4, -0.2) is 50.7 Å². The van der Waals surface area contributed by atoms with E-state index in [1.165, 1.54) is 13.2 Å². The van der Waals surface area contributed by atoms with Crippen LogP contribution in [-0.2, 0) is 12.0 Å². The van der Waals surface area contributed by atoms with Gasteiger partial charge in [0, 0.05) is 44.7 Å². The summed E-state index contributed by atoms with van der Waals surface area (Å²) < 4.78 is 32.6. The molecule has 4 rings (SSSR count). The fourth-order valence-corrected chi connectivity index (χ4v) is 4.48. The van der Waals surface area contributed by atoms with Gasteiger partial charge in [-0.3, -0.25) is 9.89 Å². The van der Waals surface area contributed by atoms with E-state index in [1.807, 2.05) is 12.1 Å². The van der Waals surface area contributed by atoms with Crippen LogP contribution in [0.5, 0.6) is 5.75 Å². The van der Waals surface area contributed by atoms with Gasteiger partial charge in [-0.1, -0.05) is 18.2 Å². The van der Waals surface area contributed by atoms with Gasteiger partial charge in [0.2, 0.25) is 0 Å². The zero-order valence-electron chi connectivity index (χ0n) is 18.8. The van der Waals surface area contributed by atoms with E-state index in [1.54, 1.807) is 31.3 Å². The van der Waals surface area contributed by atoms with Crippen LogP contribution in [0.3, 0.4) is 0 Å². The summed E-state index contributed by atoms with van der Waals surface area (Å²) in [6, 6.07) is 12.4. The Labute approximate surface area is 188 Å². The molecule has 0 aromatic heterocycles. The Balaban J connectivity index is 1.24. The van der Waals surface area contributed by atoms with Crippen molar-refractivity contribution in [3.63, 3.8) is 0 Å². The molecular formula is C25H32F2N4O. The van der Waals surface area contributed by atoms with E-state index in [2.05, 4.69) is 20.5 Å². The lowest BCUT2D eigenvalue weighted by Gasteiger charge is -2.33. The highest BCUT2D eigenvalue weighted by atomic mass is 19.1. The highest BCUT2D eigenvalue weighted by Gasteiger charge is 2.44. The summed E-state index contributed by atoms with van der Waals surface area (Å²) in [5.41, 5.74) is 2.03. The molecule has 5 nitrogen and oxygen atoms in total. The number of ether oxygens (including phenoxy) is 1. The second-order valence-electron chi connectivity index (χ2n) is 8.88. The summed E-state index contributed by atoms with van der Waals surface area (Å²) in [7, 11) is 3.26. The summed E-state index contributed by atoms with van der Waals surface area (Å²) >= 11 is 0. The number of aliphatic imine (C=N–C) groups is 1. The van der Waals surface area contributed by atoms with Gasteiger partial charge in [0.1, 0.15) is 5.82 Å². The molecule has 32 heavy (non-hydrogen) atoms. The normalized spacial score (nSPS) is 18.9. The molecule has 1 saturated carbocycles. The molecule has 2 aromatic rings. The molecule has 2 N–H and O–H groups in total. The lowest BCUT2D eigenvalue weighted by molar-refractivity contribution is 0.198. The van der Waals surface area contributed by atoms with Crippen molar-refractivity contribution in [3.8, 4) is 5.75 Å². The van der Waals surface area contributed by atoms with E-state index < -0.39 is 0 Å². The molecule has 1 heterocycles. The van der Waals surface area contributed by atoms with Gasteiger partial charge < -0.3 is 15.4 Å². The van der Waals surface area contributed by atoms with E-state index in [4.69, 9.17) is 4.74 Å². The topological polar surface area (TPSA) is 48.9 Å². The molecule has 172 valence electrons. The zero-order valence-corrected chi connectivity index (χ0v) is 18.8. The Morgan fingerprint density at radius 2 is 1.94 bits per heavy atom. The SMILES string of the molecule is CN=C(NCC1(c2cccc(F)c2)CC1)NC1CCN(Cc2ccc(OC)c(F)c2)CC1. The molecule has 1 aliphatic carbocycles. The first-order chi connectivity index (χ1) is 15.5. The molecule has 0 radical (unpaired) electrons. The molecule has 0 unspecified atom stereocenters. The van der Waals surface area contributed by atoms with Crippen LogP contribution in [0.25, 0.3) is 0 Å². The predicted molar refractivity (Wildman–Crippen MR) is 123 cm³/mol. The van der Waals surface area contributed by atoms with Crippen molar-refractivity contribution in [3.05, 3.63) is 65.2 Å². The third-order valence-electron chi connectivity index (χ3n) is 6.66. The standard InChI is InChI=1S/C25H32F2N4O/c1-28-24(29-17-25(10-11-25)19-4-3-5-20(26)15-19)30-21-8-12-31(13-9-21)16-18-6-7-23(32-2)22(27)14-18/h3-7,14-15,21H,8-13,16-17H2,1-2H3,(H2,28,29,30). The summed E-state index contributed by atoms with van der Waals surface area (Å²) in [5, 5.41) is 6.99. The highest BCUT2D eigenvalue weighted by molar-refractivity contribution is 5.80. The fraction of sp³-hybridized carbons (Fsp3) is 0.480. The van der Waals surface area contributed by atoms with Crippen LogP contribution in [0, 0.1) is 11.6 Å². The van der Waals surface area contributed by atoms with Crippen LogP contribution in [0.15, 0.2) is 47.5 Å². The third-order valence-corrected chi connectivity index (χ3v) is 6.66. The molecule has 0 spiro atoms. The number of hydrogen-bond donors (Lipinski definition) is 2. The number of methoxy groups -OCH3 is 1. The number of hydrogen-bond acceptors (Lipinski definition) is 3. The van der Waals surface area contributed by atoms with Crippen LogP contribution < -0.4 is 15.4 Å². The van der Waals surface area contributed by atoms with Crippen LogP contribution >= 0.6 is 0 Å². The van der Waals surface area contributed by atoms with E-state index in [0.717, 1.165) is 68.9 Å². The van der Waals surface area contributed by atoms with Crippen molar-refractivity contribution in [1.82, 2.24) is 15.5 Å². The number of rotatable bonds is 7. The van der Waals surface area contributed by atoms with Gasteiger partial charge in [-0.25, -0.2) is 8.78 Å². The minimum absolute atomic E-state index is 0.0106. The van der Waals surface area contributed by atoms with Crippen molar-refractivity contribution >= 4 is 5.96 Å². The molecule has 1 aliphatic heterocycles. The Morgan fingerprint density at radius 1 is 1.16 bits per heavy atom. The Bertz CT molecular complexity index is 953. The Hall–Kier alpha value is -2.67. The number of benzene rings is 2. The van der Waals surface area contributed by atoms with Gasteiger partial charge in [0.25, 0.3) is 0 Å². The zero-order chi connectivity index (χ0) is 22.6. The molecule has 2 aliphatic rings. The maximum Gasteiger partial charge on any atom is 0.191 e. The maximum absolute atomic E-state index is 13.9. The van der Waals surface area contributed by atoms with Crippen molar-refractivity contribution < 1.29 is 13.5 Å². The van der Waals surface area contributed by atoms with Gasteiger partial charge in [-0.2, -0.15) is 0 Å². The molecule has 1 saturated heterocycles. The van der Waals surface area contributed by atoms with Gasteiger partial charge in [-0.05, 0) is 61.1 Å². The molecule has 2 fully saturated rings. The molecule has 0 bridgehead atoms. The first-order valence-corrected chi connectivity index (χ1v) is 11.3. The lowest BCUT2D eigenvalue weighted by atomic mass is 9.96. The van der Waals surface area contributed by atoms with Crippen LogP contribution in [0.2, 0.25) is 0 Å². The van der Waals surface area contributed by atoms with Crippen molar-refractivity contribution in [2.45, 2.75) is 43.7 Å². The lowest BCUT2D eigenvalue weighted by Crippen LogP contribution is -2.49. The average Bonchev–Trinajstić information content (AvgIpc) is 3.59. The Morgan fingerprint density at radius 3 is 2.56 bits per heavy atom. The van der Waals surface area contributed by atoms with E-state index in [-0.39, 0.29) is 22.8 Å². The van der Waals surface area contributed by atoms with Gasteiger partial charge in [0.05, 0.1) is 7.11 Å². The van der Waals surface area contributed by atoms with Crippen molar-refractivity contribution in [2.75, 3.05) is 33.8 Å². The highest BCUT2D eigenvalue weighted by Crippen LogP contribution is 2.47. The quantitative estimate of drug-likeness (QED) is 0.505. The average molecular weight is 443 g/mol. The molecule has 2 aromatic carbocycles. The van der Waals surface area contributed by atoms with E-state index in [0.29, 0.717) is 6.04 Å². The minimum atomic E-state index is -0.317. The first kappa shape index (κ1) is 22.5. The molecule has 0 atom stereocenters. The monoisotopic (exact) mass is 442 g/mol. The summed E-state index contributed by atoms with van der Waals surface area (Å²) in [4.78, 5) is 6.74. The fourth-order valence-electron chi connectivity index (χ4n) is 4.48. The molecule has 0 amide bonds. The van der Waals surface area contributed by atoms with Crippen molar-refractivity contribution in [1.29, 1.82) is 0 Å². The van der Waals surface area contributed by atoms with E-state index >= 15 is 0 Å². The van der Waals surface area contributed by atoms with Crippen molar-refractivity contribution in [2.24, 2.45) is 4.99 Å². The molecule has 7 heteroatoms. The summed E-state index contributed by atoms with van der Waals surface area (Å²) in [6.45, 7) is 3.36. The second kappa shape index (κ2) is 9.86. The van der Waals surface area contributed by atoms with Gasteiger partial charge in [0.15, 0.2) is 17.5 Å². The summed E-state index contributed by atoms with van der Waals surface area (Å²) in [5.74, 6) is 0.577. The number of likely N-dealkylation sites (tertiary alicyclic amines) is 1. The maximum atomic E-state index is 13.9. The number of piperidine rings is 1. The largest absolute Gasteiger partial charge is 0.494 e. The van der Waals surface area contributed by atoms with Crippen LogP contribution in [0.1, 0.15) is 36.8 Å². The summed E-state index contributed by atoms with van der Waals surface area (Å²) in [6.07, 6.45) is 4.11. The number of nitrogens with one attached hydrogen (secondary N) is 2. The second-order valence-corrected chi connectivity index (χ2v) is 8.88. The molecular weight excluding hydrogens is 410 g/mol. The third kappa shape index (κ3) is 5.38. The smallest absolute Gasteiger partial charge is 0.191 e. The van der Waals surface area contributed by atoms with Gasteiger partial charge in [-0.15, -0.1) is 0 Å². The van der Waals surface area contributed by atoms with E-state index in [9.17, 15) is 8.78 Å². The Kier molecular flexibility index (Phi) is 6.94. The van der Waals surface area contributed by atoms with Crippen LogP contribution in [0.4, 0.5) is 8.78 Å². The number of halogens is 2. The number of nitrogens with zero attached hydrogens (tertiary/aromatic N) is 2. The van der Waals surface area contributed by atoms with Gasteiger partial charge >= 0.3 is 0 Å². The minimum Gasteiger partial charge on any atom is -0.494 e.